The molecule has 2 rings (SSSR count). The molecular formula is C12H13NO3. The predicted octanol–water partition coefficient (Wildman–Crippen LogP) is 2.46. The summed E-state index contributed by atoms with van der Waals surface area (Å²) in [6.07, 6.45) is 0.486. The lowest BCUT2D eigenvalue weighted by Crippen LogP contribution is -1.97. The van der Waals surface area contributed by atoms with Crippen LogP contribution in [0.2, 0.25) is 0 Å². The molecule has 1 heterocycles. The lowest BCUT2D eigenvalue weighted by molar-refractivity contribution is -0.136. The van der Waals surface area contributed by atoms with Crippen molar-refractivity contribution in [3.05, 3.63) is 29.0 Å². The molecule has 0 unspecified atom stereocenters. The zero-order valence-corrected chi connectivity index (χ0v) is 9.28. The van der Waals surface area contributed by atoms with Crippen molar-refractivity contribution < 1.29 is 14.4 Å². The number of aromatic nitrogens is 1. The van der Waals surface area contributed by atoms with E-state index in [0.29, 0.717) is 6.42 Å². The molecule has 0 fully saturated rings. The van der Waals surface area contributed by atoms with Gasteiger partial charge in [0, 0.05) is 11.8 Å². The van der Waals surface area contributed by atoms with Gasteiger partial charge in [-0.1, -0.05) is 11.2 Å². The Labute approximate surface area is 92.9 Å². The molecule has 4 nitrogen and oxygen atoms in total. The van der Waals surface area contributed by atoms with E-state index in [2.05, 4.69) is 5.16 Å². The Morgan fingerprint density at radius 1 is 1.44 bits per heavy atom. The number of aliphatic carboxylic acids is 1. The second kappa shape index (κ2) is 3.96. The smallest absolute Gasteiger partial charge is 0.303 e. The summed E-state index contributed by atoms with van der Waals surface area (Å²) in [7, 11) is 0. The second-order valence-corrected chi connectivity index (χ2v) is 3.98. The maximum absolute atomic E-state index is 10.5. The molecule has 1 N–H and O–H groups in total. The van der Waals surface area contributed by atoms with Gasteiger partial charge < -0.3 is 9.63 Å². The van der Waals surface area contributed by atoms with Crippen molar-refractivity contribution in [2.24, 2.45) is 0 Å². The van der Waals surface area contributed by atoms with Gasteiger partial charge in [-0.25, -0.2) is 0 Å². The van der Waals surface area contributed by atoms with Gasteiger partial charge >= 0.3 is 5.97 Å². The maximum Gasteiger partial charge on any atom is 0.303 e. The fourth-order valence-corrected chi connectivity index (χ4v) is 1.85. The monoisotopic (exact) mass is 219 g/mol. The molecule has 0 atom stereocenters. The first-order chi connectivity index (χ1) is 7.58. The molecular weight excluding hydrogens is 206 g/mol. The molecule has 0 saturated heterocycles. The summed E-state index contributed by atoms with van der Waals surface area (Å²) >= 11 is 0. The minimum Gasteiger partial charge on any atom is -0.481 e. The largest absolute Gasteiger partial charge is 0.481 e. The zero-order valence-electron chi connectivity index (χ0n) is 9.28. The van der Waals surface area contributed by atoms with Crippen molar-refractivity contribution in [1.29, 1.82) is 0 Å². The van der Waals surface area contributed by atoms with Crippen LogP contribution >= 0.6 is 0 Å². The number of carbonyl (C=O) groups is 1. The van der Waals surface area contributed by atoms with E-state index in [-0.39, 0.29) is 6.42 Å². The number of hydrogen-bond acceptors (Lipinski definition) is 3. The molecule has 0 spiro atoms. The standard InChI is InChI=1S/C12H13NO3/c1-7-5-8(2)12-9(6-7)10(13-16-12)3-4-11(14)15/h5-6H,3-4H2,1-2H3,(H,14,15). The first-order valence-corrected chi connectivity index (χ1v) is 5.15. The first kappa shape index (κ1) is 10.7. The van der Waals surface area contributed by atoms with Crippen LogP contribution in [0.1, 0.15) is 23.2 Å². The molecule has 0 aliphatic heterocycles. The molecule has 1 aromatic heterocycles. The van der Waals surface area contributed by atoms with Crippen molar-refractivity contribution in [2.75, 3.05) is 0 Å². The van der Waals surface area contributed by atoms with E-state index in [0.717, 1.165) is 27.8 Å². The Kier molecular flexibility index (Phi) is 2.64. The minimum absolute atomic E-state index is 0.0780. The topological polar surface area (TPSA) is 63.3 Å². The first-order valence-electron chi connectivity index (χ1n) is 5.15. The molecule has 0 saturated carbocycles. The van der Waals surface area contributed by atoms with Crippen LogP contribution in [0.15, 0.2) is 16.7 Å². The number of aryl methyl sites for hydroxylation is 3. The van der Waals surface area contributed by atoms with Crippen LogP contribution in [0.3, 0.4) is 0 Å². The third-order valence-corrected chi connectivity index (χ3v) is 2.55. The van der Waals surface area contributed by atoms with Crippen LogP contribution in [0.25, 0.3) is 11.0 Å². The van der Waals surface area contributed by atoms with Gasteiger partial charge in [0.25, 0.3) is 0 Å². The normalized spacial score (nSPS) is 10.9. The van der Waals surface area contributed by atoms with Crippen LogP contribution in [-0.2, 0) is 11.2 Å². The van der Waals surface area contributed by atoms with Crippen molar-refractivity contribution in [1.82, 2.24) is 5.16 Å². The van der Waals surface area contributed by atoms with E-state index in [4.69, 9.17) is 9.63 Å². The minimum atomic E-state index is -0.819. The van der Waals surface area contributed by atoms with Crippen molar-refractivity contribution in [3.63, 3.8) is 0 Å². The summed E-state index contributed by atoms with van der Waals surface area (Å²) in [5.41, 5.74) is 3.64. The van der Waals surface area contributed by atoms with Crippen molar-refractivity contribution >= 4 is 16.9 Å². The number of rotatable bonds is 3. The van der Waals surface area contributed by atoms with E-state index in [1.807, 2.05) is 26.0 Å². The van der Waals surface area contributed by atoms with Crippen LogP contribution < -0.4 is 0 Å². The van der Waals surface area contributed by atoms with Gasteiger partial charge in [0.15, 0.2) is 5.58 Å². The third kappa shape index (κ3) is 1.91. The van der Waals surface area contributed by atoms with E-state index >= 15 is 0 Å². The van der Waals surface area contributed by atoms with Crippen LogP contribution in [-0.4, -0.2) is 16.2 Å². The number of carboxylic acids is 1. The maximum atomic E-state index is 10.5. The number of benzene rings is 1. The van der Waals surface area contributed by atoms with Crippen molar-refractivity contribution in [3.8, 4) is 0 Å². The summed E-state index contributed by atoms with van der Waals surface area (Å²) in [6.45, 7) is 3.96. The van der Waals surface area contributed by atoms with Gasteiger partial charge in [-0.2, -0.15) is 0 Å². The highest BCUT2D eigenvalue weighted by atomic mass is 16.5. The van der Waals surface area contributed by atoms with E-state index in [9.17, 15) is 4.79 Å². The Hall–Kier alpha value is -1.84. The molecule has 2 aromatic rings. The number of nitrogens with zero attached hydrogens (tertiary/aromatic N) is 1. The van der Waals surface area contributed by atoms with Gasteiger partial charge in [-0.15, -0.1) is 0 Å². The molecule has 0 aliphatic rings. The van der Waals surface area contributed by atoms with Gasteiger partial charge in [0.05, 0.1) is 12.1 Å². The molecule has 0 amide bonds. The highest BCUT2D eigenvalue weighted by molar-refractivity contribution is 5.83. The Balaban J connectivity index is 2.43. The number of hydrogen-bond donors (Lipinski definition) is 1. The molecule has 0 aliphatic carbocycles. The number of carboxylic acid groups (broad SMARTS) is 1. The fraction of sp³-hybridized carbons (Fsp3) is 0.333. The summed E-state index contributed by atoms with van der Waals surface area (Å²) in [6, 6.07) is 4.00. The van der Waals surface area contributed by atoms with Crippen LogP contribution in [0.4, 0.5) is 0 Å². The quantitative estimate of drug-likeness (QED) is 0.861. The lowest BCUT2D eigenvalue weighted by atomic mass is 10.1. The molecule has 0 bridgehead atoms. The summed E-state index contributed by atoms with van der Waals surface area (Å²) in [4.78, 5) is 10.5. The number of fused-ring (bicyclic) bond motifs is 1. The summed E-state index contributed by atoms with van der Waals surface area (Å²) in [5.74, 6) is -0.819. The molecule has 1 aromatic carbocycles. The molecule has 84 valence electrons. The van der Waals surface area contributed by atoms with E-state index < -0.39 is 5.97 Å². The Morgan fingerprint density at radius 2 is 2.19 bits per heavy atom. The average molecular weight is 219 g/mol. The molecule has 0 radical (unpaired) electrons. The van der Waals surface area contributed by atoms with E-state index in [1.165, 1.54) is 0 Å². The SMILES string of the molecule is Cc1cc(C)c2onc(CCC(=O)O)c2c1. The average Bonchev–Trinajstić information content (AvgIpc) is 2.58. The lowest BCUT2D eigenvalue weighted by Gasteiger charge is -1.97. The van der Waals surface area contributed by atoms with Gasteiger partial charge in [-0.3, -0.25) is 4.79 Å². The predicted molar refractivity (Wildman–Crippen MR) is 59.4 cm³/mol. The van der Waals surface area contributed by atoms with E-state index in [1.54, 1.807) is 0 Å². The summed E-state index contributed by atoms with van der Waals surface area (Å²) in [5, 5.41) is 13.5. The zero-order chi connectivity index (χ0) is 11.7. The fourth-order valence-electron chi connectivity index (χ4n) is 1.85. The summed E-state index contributed by atoms with van der Waals surface area (Å²) < 4.78 is 5.22. The highest BCUT2D eigenvalue weighted by Crippen LogP contribution is 2.24. The third-order valence-electron chi connectivity index (χ3n) is 2.55. The van der Waals surface area contributed by atoms with Crippen LogP contribution in [0, 0.1) is 13.8 Å². The van der Waals surface area contributed by atoms with Gasteiger partial charge in [0.1, 0.15) is 0 Å². The van der Waals surface area contributed by atoms with Gasteiger partial charge in [-0.05, 0) is 31.0 Å². The highest BCUT2D eigenvalue weighted by Gasteiger charge is 2.11. The van der Waals surface area contributed by atoms with Crippen molar-refractivity contribution in [2.45, 2.75) is 26.7 Å². The Morgan fingerprint density at radius 3 is 2.88 bits per heavy atom. The second-order valence-electron chi connectivity index (χ2n) is 3.98. The molecule has 4 heteroatoms. The van der Waals surface area contributed by atoms with Crippen LogP contribution in [0.5, 0.6) is 0 Å². The molecule has 16 heavy (non-hydrogen) atoms. The van der Waals surface area contributed by atoms with Gasteiger partial charge in [0.2, 0.25) is 0 Å². The Bertz CT molecular complexity index is 542.